The average Bonchev–Trinajstić information content (AvgIpc) is 3.16. The molecule has 6 aromatic rings. The molecule has 2 heterocycles. The fourth-order valence-corrected chi connectivity index (χ4v) is 5.24. The van der Waals surface area contributed by atoms with Crippen LogP contribution in [0.2, 0.25) is 0 Å². The van der Waals surface area contributed by atoms with Gasteiger partial charge in [-0.25, -0.2) is 4.39 Å². The maximum absolute atomic E-state index is 13.2. The van der Waals surface area contributed by atoms with Gasteiger partial charge in [0.15, 0.2) is 11.6 Å². The number of carbonyl (C=O) groups is 2. The maximum atomic E-state index is 13.2. The van der Waals surface area contributed by atoms with E-state index in [4.69, 9.17) is 18.9 Å². The minimum Gasteiger partial charge on any atom is -0.497 e. The van der Waals surface area contributed by atoms with E-state index in [9.17, 15) is 23.6 Å². The minimum atomic E-state index is -0.498. The largest absolute Gasteiger partial charge is 0.497 e. The van der Waals surface area contributed by atoms with E-state index in [1.807, 2.05) is 19.1 Å². The fraction of sp³-hybridized carbons (Fsp3) is 0.122. The molecule has 0 amide bonds. The van der Waals surface area contributed by atoms with E-state index in [-0.39, 0.29) is 28.2 Å². The van der Waals surface area contributed by atoms with Crippen molar-refractivity contribution in [2.75, 3.05) is 27.9 Å². The quantitative estimate of drug-likeness (QED) is 0.105. The summed E-state index contributed by atoms with van der Waals surface area (Å²) in [7, 11) is 4.50. The molecule has 0 saturated heterocycles. The highest BCUT2D eigenvalue weighted by Gasteiger charge is 2.12. The third kappa shape index (κ3) is 8.69. The summed E-state index contributed by atoms with van der Waals surface area (Å²) in [5.74, 6) is 0.903. The van der Waals surface area contributed by atoms with Gasteiger partial charge in [-0.2, -0.15) is 0 Å². The minimum absolute atomic E-state index is 0.136. The van der Waals surface area contributed by atoms with Crippen molar-refractivity contribution in [1.82, 2.24) is 9.97 Å². The number of hydrogen-bond donors (Lipinski definition) is 2. The van der Waals surface area contributed by atoms with Gasteiger partial charge in [0.25, 0.3) is 11.1 Å². The molecule has 0 aliphatic heterocycles. The Labute approximate surface area is 297 Å². The highest BCUT2D eigenvalue weighted by Crippen LogP contribution is 2.23. The van der Waals surface area contributed by atoms with Gasteiger partial charge < -0.3 is 28.9 Å². The topological polar surface area (TPSA) is 137 Å². The first-order valence-corrected chi connectivity index (χ1v) is 16.1. The number of H-pyrrole nitrogens is 2. The number of aromatic amines is 2. The molecule has 0 radical (unpaired) electrons. The van der Waals surface area contributed by atoms with Crippen molar-refractivity contribution in [2.24, 2.45) is 0 Å². The molecule has 0 spiro atoms. The van der Waals surface area contributed by atoms with Crippen LogP contribution in [0.3, 0.4) is 0 Å². The third-order valence-corrected chi connectivity index (χ3v) is 7.87. The fourth-order valence-electron chi connectivity index (χ4n) is 5.24. The highest BCUT2D eigenvalue weighted by atomic mass is 19.1. The second-order valence-corrected chi connectivity index (χ2v) is 11.2. The van der Waals surface area contributed by atoms with Crippen molar-refractivity contribution in [3.05, 3.63) is 152 Å². The number of halogens is 1. The van der Waals surface area contributed by atoms with Crippen LogP contribution >= 0.6 is 0 Å². The molecule has 0 aliphatic carbocycles. The molecule has 0 bridgehead atoms. The van der Waals surface area contributed by atoms with Crippen LogP contribution in [0.15, 0.2) is 113 Å². The molecule has 4 aromatic carbocycles. The van der Waals surface area contributed by atoms with Crippen molar-refractivity contribution in [3.8, 4) is 23.0 Å². The van der Waals surface area contributed by atoms with Gasteiger partial charge in [0.1, 0.15) is 28.8 Å². The molecule has 52 heavy (non-hydrogen) atoms. The van der Waals surface area contributed by atoms with E-state index < -0.39 is 11.6 Å². The first kappa shape index (κ1) is 36.5. The number of benzene rings is 4. The SMILES string of the molecule is CCOc1ccccc1C(=O)/C=C/c1cc2cc(OC)ccc2[nH]c1=O.COc1ccc2[nH]c(=O)c(/C=C/C(=O)c3ccc(F)cc3OC)cc2c1. The van der Waals surface area contributed by atoms with E-state index in [0.717, 1.165) is 16.8 Å². The van der Waals surface area contributed by atoms with Crippen molar-refractivity contribution < 1.29 is 32.9 Å². The lowest BCUT2D eigenvalue weighted by Gasteiger charge is -2.07. The summed E-state index contributed by atoms with van der Waals surface area (Å²) in [6.07, 6.45) is 5.58. The number of ether oxygens (including phenoxy) is 4. The van der Waals surface area contributed by atoms with Crippen LogP contribution in [-0.2, 0) is 0 Å². The van der Waals surface area contributed by atoms with Gasteiger partial charge in [0.2, 0.25) is 0 Å². The van der Waals surface area contributed by atoms with Gasteiger partial charge in [-0.15, -0.1) is 0 Å². The summed E-state index contributed by atoms with van der Waals surface area (Å²) in [6, 6.07) is 24.8. The van der Waals surface area contributed by atoms with Crippen LogP contribution in [0.1, 0.15) is 38.8 Å². The molecule has 0 aliphatic rings. The van der Waals surface area contributed by atoms with Gasteiger partial charge in [-0.05, 0) is 104 Å². The molecule has 0 saturated carbocycles. The number of methoxy groups -OCH3 is 3. The molecule has 264 valence electrons. The summed E-state index contributed by atoms with van der Waals surface area (Å²) in [4.78, 5) is 54.8. The lowest BCUT2D eigenvalue weighted by Crippen LogP contribution is -2.09. The zero-order chi connectivity index (χ0) is 37.2. The Morgan fingerprint density at radius 1 is 0.635 bits per heavy atom. The Hall–Kier alpha value is -6.75. The zero-order valence-electron chi connectivity index (χ0n) is 28.8. The van der Waals surface area contributed by atoms with Gasteiger partial charge >= 0.3 is 0 Å². The number of carbonyl (C=O) groups excluding carboxylic acids is 2. The van der Waals surface area contributed by atoms with E-state index in [1.54, 1.807) is 74.9 Å². The standard InChI is InChI=1S/C21H19NO4.C20H16FNO4/c1-3-26-20-7-5-4-6-17(20)19(23)11-8-14-12-15-13-16(25-2)9-10-18(15)22-21(14)24;1-25-15-5-7-17-13(10-15)9-12(20(24)22-17)3-8-18(23)16-6-4-14(21)11-19(16)26-2/h4-13H,3H2,1-2H3,(H,22,24);3-11H,1-2H3,(H,22,24)/b11-8+;8-3+. The van der Waals surface area contributed by atoms with Gasteiger partial charge in [-0.3, -0.25) is 19.2 Å². The van der Waals surface area contributed by atoms with Crippen LogP contribution in [0.4, 0.5) is 4.39 Å². The number of pyridine rings is 2. The van der Waals surface area contributed by atoms with E-state index in [2.05, 4.69) is 9.97 Å². The summed E-state index contributed by atoms with van der Waals surface area (Å²) in [5.41, 5.74) is 2.18. The van der Waals surface area contributed by atoms with Crippen LogP contribution in [0, 0.1) is 5.82 Å². The number of fused-ring (bicyclic) bond motifs is 2. The van der Waals surface area contributed by atoms with Gasteiger partial charge in [0, 0.05) is 39.0 Å². The maximum Gasteiger partial charge on any atom is 0.255 e. The summed E-state index contributed by atoms with van der Waals surface area (Å²) < 4.78 is 34.1. The zero-order valence-corrected chi connectivity index (χ0v) is 28.8. The number of allylic oxidation sites excluding steroid dienone is 2. The molecule has 6 rings (SSSR count). The number of hydrogen-bond acceptors (Lipinski definition) is 8. The summed E-state index contributed by atoms with van der Waals surface area (Å²) in [5, 5.41) is 1.60. The normalized spacial score (nSPS) is 11.0. The number of rotatable bonds is 11. The van der Waals surface area contributed by atoms with E-state index >= 15 is 0 Å². The van der Waals surface area contributed by atoms with Crippen LogP contribution in [0.25, 0.3) is 34.0 Å². The summed E-state index contributed by atoms with van der Waals surface area (Å²) in [6.45, 7) is 2.33. The lowest BCUT2D eigenvalue weighted by atomic mass is 10.1. The third-order valence-electron chi connectivity index (χ3n) is 7.87. The van der Waals surface area contributed by atoms with Crippen LogP contribution in [-0.4, -0.2) is 49.5 Å². The molecule has 10 nitrogen and oxygen atoms in total. The van der Waals surface area contributed by atoms with E-state index in [1.165, 1.54) is 43.5 Å². The molecular formula is C41H35FN2O8. The van der Waals surface area contributed by atoms with Gasteiger partial charge in [-0.1, -0.05) is 12.1 Å². The van der Waals surface area contributed by atoms with Gasteiger partial charge in [0.05, 0.1) is 39.1 Å². The first-order chi connectivity index (χ1) is 25.1. The van der Waals surface area contributed by atoms with E-state index in [0.29, 0.717) is 51.6 Å². The number of para-hydroxylation sites is 1. The second-order valence-electron chi connectivity index (χ2n) is 11.2. The Morgan fingerprint density at radius 3 is 1.65 bits per heavy atom. The lowest BCUT2D eigenvalue weighted by molar-refractivity contribution is 0.103. The Balaban J connectivity index is 0.000000201. The molecule has 11 heteroatoms. The molecular weight excluding hydrogens is 667 g/mol. The molecule has 0 unspecified atom stereocenters. The molecule has 2 N–H and O–H groups in total. The number of aromatic nitrogens is 2. The van der Waals surface area contributed by atoms with Crippen LogP contribution in [0.5, 0.6) is 23.0 Å². The van der Waals surface area contributed by atoms with Crippen molar-refractivity contribution in [1.29, 1.82) is 0 Å². The Kier molecular flexibility index (Phi) is 11.8. The highest BCUT2D eigenvalue weighted by molar-refractivity contribution is 6.09. The van der Waals surface area contributed by atoms with Crippen molar-refractivity contribution >= 4 is 45.5 Å². The second kappa shape index (κ2) is 16.8. The molecule has 2 aromatic heterocycles. The van der Waals surface area contributed by atoms with Crippen molar-refractivity contribution in [2.45, 2.75) is 6.92 Å². The predicted octanol–water partition coefficient (Wildman–Crippen LogP) is 7.41. The smallest absolute Gasteiger partial charge is 0.255 e. The Morgan fingerprint density at radius 2 is 1.15 bits per heavy atom. The monoisotopic (exact) mass is 702 g/mol. The number of nitrogens with one attached hydrogen (secondary N) is 2. The molecule has 0 fully saturated rings. The summed E-state index contributed by atoms with van der Waals surface area (Å²) >= 11 is 0. The Bertz CT molecular complexity index is 2450. The average molecular weight is 703 g/mol. The van der Waals surface area contributed by atoms with Crippen LogP contribution < -0.4 is 30.1 Å². The molecule has 0 atom stereocenters. The number of ketones is 2. The first-order valence-electron chi connectivity index (χ1n) is 16.1. The predicted molar refractivity (Wildman–Crippen MR) is 200 cm³/mol. The van der Waals surface area contributed by atoms with Crippen molar-refractivity contribution in [3.63, 3.8) is 0 Å².